The predicted molar refractivity (Wildman–Crippen MR) is 89.4 cm³/mol. The highest BCUT2D eigenvalue weighted by molar-refractivity contribution is 7.17. The third kappa shape index (κ3) is 3.83. The van der Waals surface area contributed by atoms with Crippen LogP contribution in [0.4, 0.5) is 0 Å². The van der Waals surface area contributed by atoms with E-state index in [9.17, 15) is 4.79 Å². The molecule has 1 aliphatic rings. The van der Waals surface area contributed by atoms with Crippen LogP contribution >= 0.6 is 23.7 Å². The molecule has 0 bridgehead atoms. The second-order valence-corrected chi connectivity index (χ2v) is 6.36. The molecule has 0 radical (unpaired) electrons. The van der Waals surface area contributed by atoms with Gasteiger partial charge >= 0.3 is 0 Å². The third-order valence-electron chi connectivity index (χ3n) is 3.83. The number of aromatic nitrogens is 2. The molecule has 2 aromatic heterocycles. The van der Waals surface area contributed by atoms with Crippen molar-refractivity contribution in [1.82, 2.24) is 20.2 Å². The van der Waals surface area contributed by atoms with Crippen LogP contribution in [0.3, 0.4) is 0 Å². The fourth-order valence-corrected chi connectivity index (χ4v) is 3.68. The van der Waals surface area contributed by atoms with Crippen molar-refractivity contribution in [3.63, 3.8) is 0 Å². The topological polar surface area (TPSA) is 61.0 Å². The Morgan fingerprint density at radius 2 is 2.43 bits per heavy atom. The van der Waals surface area contributed by atoms with Crippen LogP contribution in [0.1, 0.15) is 18.7 Å². The molecule has 7 heteroatoms. The number of H-pyrrole nitrogens is 1. The average Bonchev–Trinajstić information content (AvgIpc) is 2.88. The molecule has 21 heavy (non-hydrogen) atoms. The second-order valence-electron chi connectivity index (χ2n) is 5.45. The van der Waals surface area contributed by atoms with Gasteiger partial charge in [0.25, 0.3) is 5.56 Å². The van der Waals surface area contributed by atoms with Gasteiger partial charge in [-0.15, -0.1) is 23.7 Å². The minimum absolute atomic E-state index is 0. The summed E-state index contributed by atoms with van der Waals surface area (Å²) in [6.07, 6.45) is 2.50. The Bertz CT molecular complexity index is 639. The van der Waals surface area contributed by atoms with Crippen LogP contribution in [0.5, 0.6) is 0 Å². The molecule has 5 nitrogen and oxygen atoms in total. The summed E-state index contributed by atoms with van der Waals surface area (Å²) in [6, 6.07) is 1.92. The SMILES string of the molecule is CNCC1CCCN(Cc2nc3ccsc3c(=O)[nH]2)C1.Cl. The molecule has 0 aliphatic carbocycles. The van der Waals surface area contributed by atoms with E-state index >= 15 is 0 Å². The molecule has 3 heterocycles. The highest BCUT2D eigenvalue weighted by Crippen LogP contribution is 2.18. The third-order valence-corrected chi connectivity index (χ3v) is 4.74. The van der Waals surface area contributed by atoms with E-state index in [1.807, 2.05) is 18.5 Å². The van der Waals surface area contributed by atoms with Crippen LogP contribution in [0.2, 0.25) is 0 Å². The number of hydrogen-bond acceptors (Lipinski definition) is 5. The van der Waals surface area contributed by atoms with Gasteiger partial charge in [0, 0.05) is 6.54 Å². The van der Waals surface area contributed by atoms with Crippen molar-refractivity contribution >= 4 is 34.0 Å². The molecule has 0 saturated carbocycles. The first-order chi connectivity index (χ1) is 9.76. The number of aromatic amines is 1. The van der Waals surface area contributed by atoms with Crippen LogP contribution in [0, 0.1) is 5.92 Å². The first kappa shape index (κ1) is 16.4. The lowest BCUT2D eigenvalue weighted by Gasteiger charge is -2.32. The Morgan fingerprint density at radius 3 is 3.24 bits per heavy atom. The zero-order chi connectivity index (χ0) is 13.9. The molecule has 116 valence electrons. The molecule has 1 saturated heterocycles. The number of piperidine rings is 1. The smallest absolute Gasteiger partial charge is 0.268 e. The Morgan fingerprint density at radius 1 is 1.57 bits per heavy atom. The van der Waals surface area contributed by atoms with Gasteiger partial charge in [-0.25, -0.2) is 4.98 Å². The molecule has 0 aromatic carbocycles. The minimum Gasteiger partial charge on any atom is -0.319 e. The van der Waals surface area contributed by atoms with E-state index in [1.54, 1.807) is 0 Å². The summed E-state index contributed by atoms with van der Waals surface area (Å²) in [5, 5.41) is 5.17. The largest absolute Gasteiger partial charge is 0.319 e. The predicted octanol–water partition coefficient (Wildman–Crippen LogP) is 1.84. The molecule has 2 N–H and O–H groups in total. The molecular formula is C14H21ClN4OS. The summed E-state index contributed by atoms with van der Waals surface area (Å²) in [6.45, 7) is 3.96. The van der Waals surface area contributed by atoms with Crippen molar-refractivity contribution in [2.75, 3.05) is 26.7 Å². The Balaban J connectivity index is 0.00000161. The Labute approximate surface area is 134 Å². The van der Waals surface area contributed by atoms with Crippen LogP contribution in [0.15, 0.2) is 16.2 Å². The maximum Gasteiger partial charge on any atom is 0.268 e. The van der Waals surface area contributed by atoms with Gasteiger partial charge in [0.15, 0.2) is 0 Å². The number of halogens is 1. The van der Waals surface area contributed by atoms with Crippen LogP contribution in [0.25, 0.3) is 10.2 Å². The number of likely N-dealkylation sites (tertiary alicyclic amines) is 1. The fraction of sp³-hybridized carbons (Fsp3) is 0.571. The number of rotatable bonds is 4. The van der Waals surface area contributed by atoms with E-state index < -0.39 is 0 Å². The molecule has 0 spiro atoms. The standard InChI is InChI=1S/C14H20N4OS.ClH/c1-15-7-10-3-2-5-18(8-10)9-12-16-11-4-6-20-13(11)14(19)17-12;/h4,6,10,15H,2-3,5,7-9H2,1H3,(H,16,17,19);1H. The lowest BCUT2D eigenvalue weighted by Crippen LogP contribution is -2.39. The van der Waals surface area contributed by atoms with Crippen molar-refractivity contribution in [1.29, 1.82) is 0 Å². The molecule has 1 unspecified atom stereocenters. The van der Waals surface area contributed by atoms with E-state index in [2.05, 4.69) is 20.2 Å². The van der Waals surface area contributed by atoms with Gasteiger partial charge in [-0.1, -0.05) is 0 Å². The summed E-state index contributed by atoms with van der Waals surface area (Å²) >= 11 is 1.45. The number of nitrogens with zero attached hydrogens (tertiary/aromatic N) is 2. The summed E-state index contributed by atoms with van der Waals surface area (Å²) < 4.78 is 0.723. The zero-order valence-electron chi connectivity index (χ0n) is 12.1. The van der Waals surface area contributed by atoms with Gasteiger partial charge in [-0.05, 0) is 50.3 Å². The van der Waals surface area contributed by atoms with Gasteiger partial charge in [-0.2, -0.15) is 0 Å². The second kappa shape index (κ2) is 7.35. The Kier molecular flexibility index (Phi) is 5.75. The van der Waals surface area contributed by atoms with Gasteiger partial charge in [0.2, 0.25) is 0 Å². The lowest BCUT2D eigenvalue weighted by molar-refractivity contribution is 0.163. The lowest BCUT2D eigenvalue weighted by atomic mass is 9.98. The molecular weight excluding hydrogens is 308 g/mol. The maximum absolute atomic E-state index is 12.0. The summed E-state index contributed by atoms with van der Waals surface area (Å²) in [5.74, 6) is 1.48. The van der Waals surface area contributed by atoms with Gasteiger partial charge in [0.05, 0.1) is 12.1 Å². The van der Waals surface area contributed by atoms with E-state index in [-0.39, 0.29) is 18.0 Å². The molecule has 3 rings (SSSR count). The Hall–Kier alpha value is -0.950. The summed E-state index contributed by atoms with van der Waals surface area (Å²) in [7, 11) is 2.00. The summed E-state index contributed by atoms with van der Waals surface area (Å²) in [4.78, 5) is 21.8. The molecule has 0 amide bonds. The van der Waals surface area contributed by atoms with Crippen molar-refractivity contribution < 1.29 is 0 Å². The normalized spacial score (nSPS) is 19.6. The average molecular weight is 329 g/mol. The van der Waals surface area contributed by atoms with Crippen molar-refractivity contribution in [2.45, 2.75) is 19.4 Å². The zero-order valence-corrected chi connectivity index (χ0v) is 13.7. The van der Waals surface area contributed by atoms with Crippen molar-refractivity contribution in [2.24, 2.45) is 5.92 Å². The molecule has 1 aliphatic heterocycles. The molecule has 1 atom stereocenters. The quantitative estimate of drug-likeness (QED) is 0.899. The van der Waals surface area contributed by atoms with Crippen molar-refractivity contribution in [3.05, 3.63) is 27.6 Å². The molecule has 2 aromatic rings. The van der Waals surface area contributed by atoms with Gasteiger partial charge in [-0.3, -0.25) is 9.69 Å². The van der Waals surface area contributed by atoms with Crippen LogP contribution in [-0.2, 0) is 6.54 Å². The number of fused-ring (bicyclic) bond motifs is 1. The minimum atomic E-state index is -0.0104. The maximum atomic E-state index is 12.0. The highest BCUT2D eigenvalue weighted by atomic mass is 35.5. The van der Waals surface area contributed by atoms with Gasteiger partial charge in [0.1, 0.15) is 10.5 Å². The van der Waals surface area contributed by atoms with Crippen LogP contribution in [-0.4, -0.2) is 41.5 Å². The van der Waals surface area contributed by atoms with E-state index in [0.717, 1.165) is 42.2 Å². The van der Waals surface area contributed by atoms with E-state index in [0.29, 0.717) is 5.92 Å². The van der Waals surface area contributed by atoms with Crippen LogP contribution < -0.4 is 10.9 Å². The van der Waals surface area contributed by atoms with Gasteiger partial charge < -0.3 is 10.3 Å². The summed E-state index contributed by atoms with van der Waals surface area (Å²) in [5.41, 5.74) is 0.807. The molecule has 1 fully saturated rings. The number of nitrogens with one attached hydrogen (secondary N) is 2. The number of hydrogen-bond donors (Lipinski definition) is 2. The first-order valence-electron chi connectivity index (χ1n) is 7.09. The van der Waals surface area contributed by atoms with Crippen molar-refractivity contribution in [3.8, 4) is 0 Å². The van der Waals surface area contributed by atoms with E-state index in [4.69, 9.17) is 0 Å². The first-order valence-corrected chi connectivity index (χ1v) is 7.97. The monoisotopic (exact) mass is 328 g/mol. The number of thiophene rings is 1. The fourth-order valence-electron chi connectivity index (χ4n) is 2.96. The van der Waals surface area contributed by atoms with E-state index in [1.165, 1.54) is 24.2 Å². The highest BCUT2D eigenvalue weighted by Gasteiger charge is 2.20.